The van der Waals surface area contributed by atoms with E-state index < -0.39 is 12.0 Å². The highest BCUT2D eigenvalue weighted by molar-refractivity contribution is 5.82. The molecule has 6 nitrogen and oxygen atoms in total. The Morgan fingerprint density at radius 1 is 1.35 bits per heavy atom. The van der Waals surface area contributed by atoms with Crippen LogP contribution in [0, 0.1) is 0 Å². The van der Waals surface area contributed by atoms with Crippen LogP contribution in [0.5, 0.6) is 0 Å². The maximum absolute atomic E-state index is 10.9. The Morgan fingerprint density at radius 3 is 2.41 bits per heavy atom. The topological polar surface area (TPSA) is 89.9 Å². The minimum Gasteiger partial charge on any atom is -0.480 e. The van der Waals surface area contributed by atoms with Crippen LogP contribution >= 0.6 is 0 Å². The summed E-state index contributed by atoms with van der Waals surface area (Å²) in [5.74, 6) is -1.42. The maximum atomic E-state index is 10.9. The highest BCUT2D eigenvalue weighted by atomic mass is 16.4. The molecule has 0 aliphatic carbocycles. The molecule has 17 heavy (non-hydrogen) atoms. The second-order valence-electron chi connectivity index (χ2n) is 3.97. The van der Waals surface area contributed by atoms with Gasteiger partial charge in [-0.15, -0.1) is 0 Å². The van der Waals surface area contributed by atoms with E-state index in [2.05, 4.69) is 5.32 Å². The third-order valence-electron chi connectivity index (χ3n) is 2.36. The van der Waals surface area contributed by atoms with Crippen molar-refractivity contribution in [3.05, 3.63) is 0 Å². The van der Waals surface area contributed by atoms with Gasteiger partial charge in [0.2, 0.25) is 5.91 Å². The Labute approximate surface area is 102 Å². The first-order valence-electron chi connectivity index (χ1n) is 5.84. The van der Waals surface area contributed by atoms with Gasteiger partial charge in [0.25, 0.3) is 0 Å². The first-order chi connectivity index (χ1) is 8.01. The minimum absolute atomic E-state index is 0.0177. The average molecular weight is 246 g/mol. The van der Waals surface area contributed by atoms with Crippen LogP contribution in [0.25, 0.3) is 0 Å². The molecule has 0 spiro atoms. The van der Waals surface area contributed by atoms with Gasteiger partial charge >= 0.3 is 5.97 Å². The lowest BCUT2D eigenvalue weighted by atomic mass is 10.2. The van der Waals surface area contributed by atoms with Gasteiger partial charge in [-0.05, 0) is 13.0 Å². The van der Waals surface area contributed by atoms with E-state index in [1.165, 1.54) is 6.92 Å². The van der Waals surface area contributed by atoms with E-state index in [0.29, 0.717) is 6.54 Å². The number of aliphatic carboxylic acids is 1. The van der Waals surface area contributed by atoms with Crippen molar-refractivity contribution in [2.45, 2.75) is 32.7 Å². The fourth-order valence-electron chi connectivity index (χ4n) is 1.51. The first-order valence-corrected chi connectivity index (χ1v) is 5.84. The number of hydrogen-bond donors (Lipinski definition) is 3. The summed E-state index contributed by atoms with van der Waals surface area (Å²) in [6.07, 6.45) is 1.94. The third-order valence-corrected chi connectivity index (χ3v) is 2.36. The smallest absolute Gasteiger partial charge is 0.327 e. The monoisotopic (exact) mass is 246 g/mol. The number of rotatable bonds is 9. The molecule has 0 aromatic rings. The second kappa shape index (κ2) is 8.95. The Kier molecular flexibility index (Phi) is 8.35. The summed E-state index contributed by atoms with van der Waals surface area (Å²) in [7, 11) is 0. The van der Waals surface area contributed by atoms with Gasteiger partial charge in [0, 0.05) is 20.0 Å². The molecule has 0 radical (unpaired) electrons. The average Bonchev–Trinajstić information content (AvgIpc) is 2.24. The number of nitrogens with one attached hydrogen (secondary N) is 1. The number of aliphatic hydroxyl groups excluding tert-OH is 1. The predicted molar refractivity (Wildman–Crippen MR) is 63.7 cm³/mol. The van der Waals surface area contributed by atoms with Crippen LogP contribution in [0.2, 0.25) is 0 Å². The molecule has 0 rings (SSSR count). The van der Waals surface area contributed by atoms with E-state index in [-0.39, 0.29) is 19.1 Å². The quantitative estimate of drug-likeness (QED) is 0.518. The molecule has 6 heteroatoms. The number of unbranched alkanes of at least 4 members (excludes halogenated alkanes) is 1. The number of amides is 1. The second-order valence-corrected chi connectivity index (χ2v) is 3.97. The molecule has 0 aliphatic rings. The van der Waals surface area contributed by atoms with Crippen molar-refractivity contribution in [3.63, 3.8) is 0 Å². The molecule has 0 bridgehead atoms. The number of carboxylic acids is 1. The number of aliphatic hydroxyl groups is 1. The predicted octanol–water partition coefficient (Wildman–Crippen LogP) is -0.330. The standard InChI is InChI=1S/C11H22N2O4/c1-3-4-5-13(6-7-14)8-10(11(16)17)12-9(2)15/h10,14H,3-8H2,1-2H3,(H,12,15)(H,16,17). The van der Waals surface area contributed by atoms with Crippen LogP contribution in [-0.2, 0) is 9.59 Å². The molecule has 1 amide bonds. The molecular weight excluding hydrogens is 224 g/mol. The van der Waals surface area contributed by atoms with Crippen LogP contribution < -0.4 is 5.32 Å². The molecule has 0 heterocycles. The zero-order valence-electron chi connectivity index (χ0n) is 10.5. The first kappa shape index (κ1) is 15.9. The Hall–Kier alpha value is -1.14. The van der Waals surface area contributed by atoms with Gasteiger partial charge in [-0.25, -0.2) is 4.79 Å². The van der Waals surface area contributed by atoms with Gasteiger partial charge in [-0.2, -0.15) is 0 Å². The number of hydrogen-bond acceptors (Lipinski definition) is 4. The van der Waals surface area contributed by atoms with E-state index in [9.17, 15) is 9.59 Å². The van der Waals surface area contributed by atoms with Gasteiger partial charge in [0.15, 0.2) is 0 Å². The molecule has 100 valence electrons. The van der Waals surface area contributed by atoms with E-state index in [1.54, 1.807) is 0 Å². The summed E-state index contributed by atoms with van der Waals surface area (Å²) in [6, 6.07) is -0.920. The summed E-state index contributed by atoms with van der Waals surface area (Å²) in [4.78, 5) is 23.7. The zero-order chi connectivity index (χ0) is 13.3. The summed E-state index contributed by atoms with van der Waals surface area (Å²) in [6.45, 7) is 4.67. The minimum atomic E-state index is -1.06. The van der Waals surface area contributed by atoms with Crippen LogP contribution in [0.1, 0.15) is 26.7 Å². The molecule has 0 aromatic carbocycles. The molecule has 0 saturated carbocycles. The van der Waals surface area contributed by atoms with Crippen LogP contribution in [-0.4, -0.2) is 59.3 Å². The number of carbonyl (C=O) groups is 2. The lowest BCUT2D eigenvalue weighted by molar-refractivity contribution is -0.142. The Balaban J connectivity index is 4.33. The summed E-state index contributed by atoms with van der Waals surface area (Å²) >= 11 is 0. The van der Waals surface area contributed by atoms with E-state index >= 15 is 0 Å². The van der Waals surface area contributed by atoms with Crippen molar-refractivity contribution in [2.24, 2.45) is 0 Å². The molecule has 1 atom stereocenters. The Morgan fingerprint density at radius 2 is 2.00 bits per heavy atom. The maximum Gasteiger partial charge on any atom is 0.327 e. The molecular formula is C11H22N2O4. The molecule has 0 saturated heterocycles. The fourth-order valence-corrected chi connectivity index (χ4v) is 1.51. The van der Waals surface area contributed by atoms with Crippen LogP contribution in [0.3, 0.4) is 0 Å². The van der Waals surface area contributed by atoms with Gasteiger partial charge in [-0.3, -0.25) is 9.69 Å². The van der Waals surface area contributed by atoms with Crippen molar-refractivity contribution < 1.29 is 19.8 Å². The highest BCUT2D eigenvalue weighted by Gasteiger charge is 2.21. The highest BCUT2D eigenvalue weighted by Crippen LogP contribution is 1.98. The van der Waals surface area contributed by atoms with Gasteiger partial charge < -0.3 is 15.5 Å². The third kappa shape index (κ3) is 7.70. The number of carbonyl (C=O) groups excluding carboxylic acids is 1. The summed E-state index contributed by atoms with van der Waals surface area (Å²) in [5.41, 5.74) is 0. The van der Waals surface area contributed by atoms with E-state index in [4.69, 9.17) is 10.2 Å². The summed E-state index contributed by atoms with van der Waals surface area (Å²) < 4.78 is 0. The van der Waals surface area contributed by atoms with Gasteiger partial charge in [-0.1, -0.05) is 13.3 Å². The Bertz CT molecular complexity index is 246. The largest absolute Gasteiger partial charge is 0.480 e. The van der Waals surface area contributed by atoms with Crippen LogP contribution in [0.4, 0.5) is 0 Å². The molecule has 0 fully saturated rings. The van der Waals surface area contributed by atoms with Crippen molar-refractivity contribution >= 4 is 11.9 Å². The van der Waals surface area contributed by atoms with Gasteiger partial charge in [0.1, 0.15) is 6.04 Å². The van der Waals surface area contributed by atoms with Crippen LogP contribution in [0.15, 0.2) is 0 Å². The SMILES string of the molecule is CCCCN(CCO)CC(NC(C)=O)C(=O)O. The van der Waals surface area contributed by atoms with Crippen molar-refractivity contribution in [1.29, 1.82) is 0 Å². The fraction of sp³-hybridized carbons (Fsp3) is 0.818. The molecule has 0 aromatic heterocycles. The lowest BCUT2D eigenvalue weighted by Gasteiger charge is -2.24. The summed E-state index contributed by atoms with van der Waals surface area (Å²) in [5, 5.41) is 20.2. The van der Waals surface area contributed by atoms with Gasteiger partial charge in [0.05, 0.1) is 6.61 Å². The molecule has 1 unspecified atom stereocenters. The normalized spacial score (nSPS) is 12.5. The number of carboxylic acid groups (broad SMARTS) is 1. The van der Waals surface area contributed by atoms with E-state index in [0.717, 1.165) is 19.4 Å². The van der Waals surface area contributed by atoms with Crippen molar-refractivity contribution in [2.75, 3.05) is 26.2 Å². The molecule has 0 aliphatic heterocycles. The van der Waals surface area contributed by atoms with Crippen molar-refractivity contribution in [1.82, 2.24) is 10.2 Å². The molecule has 3 N–H and O–H groups in total. The zero-order valence-corrected chi connectivity index (χ0v) is 10.5. The van der Waals surface area contributed by atoms with Crippen molar-refractivity contribution in [3.8, 4) is 0 Å². The van der Waals surface area contributed by atoms with E-state index in [1.807, 2.05) is 11.8 Å². The lowest BCUT2D eigenvalue weighted by Crippen LogP contribution is -2.48. The number of nitrogens with zero attached hydrogens (tertiary/aromatic N) is 1.